The third kappa shape index (κ3) is 3.40. The third-order valence-electron chi connectivity index (χ3n) is 7.12. The summed E-state index contributed by atoms with van der Waals surface area (Å²) in [5.74, 6) is 1.73. The molecule has 1 aliphatic carbocycles. The zero-order valence-corrected chi connectivity index (χ0v) is 18.0. The molecule has 0 bridgehead atoms. The number of hydrogen-bond acceptors (Lipinski definition) is 4. The van der Waals surface area contributed by atoms with Gasteiger partial charge in [-0.25, -0.2) is 0 Å². The fraction of sp³-hybridized carbons (Fsp3) is 0.480. The van der Waals surface area contributed by atoms with Crippen molar-refractivity contribution in [1.29, 1.82) is 0 Å². The first-order valence-electron chi connectivity index (χ1n) is 11.1. The molecule has 5 heteroatoms. The van der Waals surface area contributed by atoms with Gasteiger partial charge in [-0.3, -0.25) is 4.79 Å². The molecule has 30 heavy (non-hydrogen) atoms. The summed E-state index contributed by atoms with van der Waals surface area (Å²) in [5, 5.41) is 7.57. The Kier molecular flexibility index (Phi) is 5.03. The van der Waals surface area contributed by atoms with Crippen LogP contribution < -0.4 is 20.3 Å². The van der Waals surface area contributed by atoms with Gasteiger partial charge in [0.25, 0.3) is 0 Å². The Bertz CT molecular complexity index is 945. The summed E-state index contributed by atoms with van der Waals surface area (Å²) in [6, 6.07) is 16.2. The van der Waals surface area contributed by atoms with Crippen molar-refractivity contribution in [3.05, 3.63) is 59.2 Å². The predicted molar refractivity (Wildman–Crippen MR) is 119 cm³/mol. The molecule has 1 amide bonds. The number of carbonyl (C=O) groups excluding carboxylic acids is 1. The molecule has 3 aliphatic rings. The summed E-state index contributed by atoms with van der Waals surface area (Å²) in [5.41, 5.74) is 4.74. The van der Waals surface area contributed by atoms with Gasteiger partial charge < -0.3 is 20.3 Å². The molecule has 5 nitrogen and oxygen atoms in total. The van der Waals surface area contributed by atoms with Crippen LogP contribution in [-0.2, 0) is 11.3 Å². The van der Waals surface area contributed by atoms with Gasteiger partial charge in [0.1, 0.15) is 5.75 Å². The van der Waals surface area contributed by atoms with Crippen LogP contribution in [0.4, 0.5) is 5.69 Å². The number of benzene rings is 2. The van der Waals surface area contributed by atoms with Gasteiger partial charge in [-0.05, 0) is 55.4 Å². The monoisotopic (exact) mass is 405 g/mol. The molecule has 0 spiro atoms. The summed E-state index contributed by atoms with van der Waals surface area (Å²) in [6.45, 7) is 2.98. The van der Waals surface area contributed by atoms with E-state index < -0.39 is 0 Å². The molecule has 2 fully saturated rings. The largest absolute Gasteiger partial charge is 0.496 e. The Hall–Kier alpha value is -2.37. The van der Waals surface area contributed by atoms with Gasteiger partial charge in [0, 0.05) is 48.9 Å². The Morgan fingerprint density at radius 3 is 2.73 bits per heavy atom. The maximum absolute atomic E-state index is 12.5. The number of fused-ring (bicyclic) bond motifs is 3. The number of rotatable bonds is 5. The Labute approximate surface area is 178 Å². The van der Waals surface area contributed by atoms with Crippen molar-refractivity contribution in [3.63, 3.8) is 0 Å². The van der Waals surface area contributed by atoms with Crippen LogP contribution in [0.1, 0.15) is 54.8 Å². The standard InChI is InChI=1S/C25H31N3O2/c1-15-9-10-21(24(27-15)16-7-5-4-6-8-16)26-14-17-11-22-19(13-23(17)30-3)18-12-20(18)25(29)28(22)2/h4-8,11,13,15,18,20-21,24,26-27H,9-10,12,14H2,1-3H3/t15-,18?,20+,21-,24-/m0/s1. The molecule has 2 heterocycles. The van der Waals surface area contributed by atoms with Gasteiger partial charge >= 0.3 is 0 Å². The van der Waals surface area contributed by atoms with Gasteiger partial charge in [0.15, 0.2) is 0 Å². The van der Waals surface area contributed by atoms with E-state index in [-0.39, 0.29) is 17.9 Å². The SMILES string of the molecule is COc1cc2c(cc1CN[C@H]1CC[C@H](C)N[C@H]1c1ccccc1)N(C)C(=O)[C@@H]1CC21. The highest BCUT2D eigenvalue weighted by molar-refractivity contribution is 6.01. The van der Waals surface area contributed by atoms with Crippen molar-refractivity contribution in [2.75, 3.05) is 19.1 Å². The molecule has 0 aromatic heterocycles. The van der Waals surface area contributed by atoms with Crippen LogP contribution in [-0.4, -0.2) is 32.1 Å². The first-order chi connectivity index (χ1) is 14.6. The van der Waals surface area contributed by atoms with E-state index in [0.29, 0.717) is 18.0 Å². The normalized spacial score (nSPS) is 29.9. The number of hydrogen-bond donors (Lipinski definition) is 2. The molecule has 1 unspecified atom stereocenters. The van der Waals surface area contributed by atoms with Crippen LogP contribution in [0.3, 0.4) is 0 Å². The first kappa shape index (κ1) is 19.6. The van der Waals surface area contributed by atoms with E-state index in [1.807, 2.05) is 11.9 Å². The lowest BCUT2D eigenvalue weighted by molar-refractivity contribution is -0.119. The third-order valence-corrected chi connectivity index (χ3v) is 7.12. The Morgan fingerprint density at radius 1 is 1.17 bits per heavy atom. The van der Waals surface area contributed by atoms with Crippen molar-refractivity contribution in [2.45, 2.75) is 56.8 Å². The number of piperidine rings is 1. The van der Waals surface area contributed by atoms with Crippen molar-refractivity contribution < 1.29 is 9.53 Å². The van der Waals surface area contributed by atoms with Gasteiger partial charge in [-0.2, -0.15) is 0 Å². The molecule has 158 valence electrons. The van der Waals surface area contributed by atoms with Crippen LogP contribution >= 0.6 is 0 Å². The minimum Gasteiger partial charge on any atom is -0.496 e. The lowest BCUT2D eigenvalue weighted by Gasteiger charge is -2.37. The topological polar surface area (TPSA) is 53.6 Å². The minimum absolute atomic E-state index is 0.179. The fourth-order valence-corrected chi connectivity index (χ4v) is 5.27. The molecule has 2 aromatic carbocycles. The lowest BCUT2D eigenvalue weighted by Crippen LogP contribution is -2.49. The van der Waals surface area contributed by atoms with E-state index in [2.05, 4.69) is 60.0 Å². The Morgan fingerprint density at radius 2 is 1.97 bits per heavy atom. The number of ether oxygens (including phenoxy) is 1. The van der Waals surface area contributed by atoms with E-state index in [1.54, 1.807) is 7.11 Å². The molecular formula is C25H31N3O2. The fourth-order valence-electron chi connectivity index (χ4n) is 5.27. The first-order valence-corrected chi connectivity index (χ1v) is 11.1. The molecule has 5 rings (SSSR count). The van der Waals surface area contributed by atoms with Gasteiger partial charge in [-0.1, -0.05) is 30.3 Å². The molecule has 0 radical (unpaired) electrons. The second-order valence-corrected chi connectivity index (χ2v) is 9.09. The van der Waals surface area contributed by atoms with E-state index in [1.165, 1.54) is 11.1 Å². The van der Waals surface area contributed by atoms with E-state index >= 15 is 0 Å². The van der Waals surface area contributed by atoms with Gasteiger partial charge in [0.05, 0.1) is 7.11 Å². The van der Waals surface area contributed by atoms with Crippen molar-refractivity contribution in [3.8, 4) is 5.75 Å². The molecule has 2 aliphatic heterocycles. The van der Waals surface area contributed by atoms with Crippen LogP contribution in [0.2, 0.25) is 0 Å². The maximum atomic E-state index is 12.5. The molecular weight excluding hydrogens is 374 g/mol. The van der Waals surface area contributed by atoms with Crippen molar-refractivity contribution in [1.82, 2.24) is 10.6 Å². The molecule has 2 N–H and O–H groups in total. The number of amides is 1. The molecule has 5 atom stereocenters. The number of nitrogens with one attached hydrogen (secondary N) is 2. The predicted octanol–water partition coefficient (Wildman–Crippen LogP) is 3.75. The average molecular weight is 406 g/mol. The number of methoxy groups -OCH3 is 1. The quantitative estimate of drug-likeness (QED) is 0.796. The van der Waals surface area contributed by atoms with Crippen LogP contribution in [0.15, 0.2) is 42.5 Å². The van der Waals surface area contributed by atoms with Crippen LogP contribution in [0.25, 0.3) is 0 Å². The lowest BCUT2D eigenvalue weighted by atomic mass is 9.89. The smallest absolute Gasteiger partial charge is 0.230 e. The molecule has 1 saturated carbocycles. The van der Waals surface area contributed by atoms with Gasteiger partial charge in [0.2, 0.25) is 5.91 Å². The summed E-state index contributed by atoms with van der Waals surface area (Å²) in [4.78, 5) is 14.3. The van der Waals surface area contributed by atoms with Crippen LogP contribution in [0, 0.1) is 5.92 Å². The number of anilines is 1. The summed E-state index contributed by atoms with van der Waals surface area (Å²) in [7, 11) is 3.64. The Balaban J connectivity index is 1.38. The van der Waals surface area contributed by atoms with E-state index in [4.69, 9.17) is 4.74 Å². The molecule has 1 saturated heterocycles. The number of nitrogens with zero attached hydrogens (tertiary/aromatic N) is 1. The highest BCUT2D eigenvalue weighted by Crippen LogP contribution is 2.56. The second-order valence-electron chi connectivity index (χ2n) is 9.09. The average Bonchev–Trinajstić information content (AvgIpc) is 3.58. The highest BCUT2D eigenvalue weighted by Gasteiger charge is 2.50. The van der Waals surface area contributed by atoms with Crippen molar-refractivity contribution >= 4 is 11.6 Å². The van der Waals surface area contributed by atoms with Gasteiger partial charge in [-0.15, -0.1) is 0 Å². The second kappa shape index (κ2) is 7.71. The van der Waals surface area contributed by atoms with Crippen LogP contribution in [0.5, 0.6) is 5.75 Å². The highest BCUT2D eigenvalue weighted by atomic mass is 16.5. The zero-order chi connectivity index (χ0) is 20.8. The summed E-state index contributed by atoms with van der Waals surface area (Å²) < 4.78 is 5.75. The maximum Gasteiger partial charge on any atom is 0.230 e. The zero-order valence-electron chi connectivity index (χ0n) is 18.0. The summed E-state index contributed by atoms with van der Waals surface area (Å²) >= 11 is 0. The van der Waals surface area contributed by atoms with E-state index in [9.17, 15) is 4.79 Å². The van der Waals surface area contributed by atoms with Crippen molar-refractivity contribution in [2.24, 2.45) is 5.92 Å². The minimum atomic E-state index is 0.179. The van der Waals surface area contributed by atoms with E-state index in [0.717, 1.165) is 42.8 Å². The summed E-state index contributed by atoms with van der Waals surface area (Å²) in [6.07, 6.45) is 3.26. The molecule has 2 aromatic rings. The number of carbonyl (C=O) groups is 1.